The van der Waals surface area contributed by atoms with Crippen LogP contribution in [0.1, 0.15) is 12.8 Å². The maximum absolute atomic E-state index is 11.1. The van der Waals surface area contributed by atoms with E-state index in [4.69, 9.17) is 15.6 Å². The molecule has 25 heavy (non-hydrogen) atoms. The number of nitrogens with one attached hydrogen (secondary N) is 1. The summed E-state index contributed by atoms with van der Waals surface area (Å²) in [6, 6.07) is 7.44. The van der Waals surface area contributed by atoms with Crippen LogP contribution in [0.25, 0.3) is 0 Å². The van der Waals surface area contributed by atoms with Gasteiger partial charge in [0, 0.05) is 18.8 Å². The summed E-state index contributed by atoms with van der Waals surface area (Å²) in [5.41, 5.74) is 7.53. The molecule has 1 saturated heterocycles. The van der Waals surface area contributed by atoms with Gasteiger partial charge in [0.05, 0.1) is 13.0 Å². The molecule has 4 N–H and O–H groups in total. The standard InChI is InChI=1S/C17H21N5O3/c1-25-13-4-2-12(3-5-13)21-15-14(18)16(20-10-19-15)22-8-6-11(7-9-22)17(23)24/h2-5,10-11H,6-9,18H2,1H3,(H,23,24)(H,19,20,21). The molecule has 1 fully saturated rings. The number of hydrogen-bond acceptors (Lipinski definition) is 7. The Morgan fingerprint density at radius 2 is 1.96 bits per heavy atom. The molecule has 3 rings (SSSR count). The summed E-state index contributed by atoms with van der Waals surface area (Å²) in [6.07, 6.45) is 2.63. The summed E-state index contributed by atoms with van der Waals surface area (Å²) in [7, 11) is 1.62. The molecule has 8 heteroatoms. The molecule has 0 bridgehead atoms. The molecule has 1 aliphatic rings. The number of carbonyl (C=O) groups is 1. The second-order valence-electron chi connectivity index (χ2n) is 5.91. The maximum Gasteiger partial charge on any atom is 0.306 e. The van der Waals surface area contributed by atoms with E-state index in [-0.39, 0.29) is 5.92 Å². The van der Waals surface area contributed by atoms with E-state index in [1.165, 1.54) is 6.33 Å². The van der Waals surface area contributed by atoms with Crippen molar-refractivity contribution in [3.8, 4) is 5.75 Å². The fourth-order valence-corrected chi connectivity index (χ4v) is 2.89. The van der Waals surface area contributed by atoms with Gasteiger partial charge in [0.1, 0.15) is 17.8 Å². The first-order valence-electron chi connectivity index (χ1n) is 8.07. The van der Waals surface area contributed by atoms with Gasteiger partial charge < -0.3 is 25.8 Å². The van der Waals surface area contributed by atoms with Gasteiger partial charge in [-0.05, 0) is 37.1 Å². The number of benzene rings is 1. The number of nitrogen functional groups attached to an aromatic ring is 1. The van der Waals surface area contributed by atoms with Gasteiger partial charge in [-0.2, -0.15) is 0 Å². The Labute approximate surface area is 145 Å². The molecule has 0 radical (unpaired) electrons. The van der Waals surface area contributed by atoms with Crippen molar-refractivity contribution in [2.24, 2.45) is 5.92 Å². The Balaban J connectivity index is 1.74. The minimum atomic E-state index is -0.739. The summed E-state index contributed by atoms with van der Waals surface area (Å²) in [4.78, 5) is 21.6. The summed E-state index contributed by atoms with van der Waals surface area (Å²) in [5.74, 6) is 0.891. The van der Waals surface area contributed by atoms with Gasteiger partial charge in [-0.15, -0.1) is 0 Å². The van der Waals surface area contributed by atoms with Gasteiger partial charge in [-0.1, -0.05) is 0 Å². The van der Waals surface area contributed by atoms with Crippen molar-refractivity contribution in [2.75, 3.05) is 36.1 Å². The number of hydrogen-bond donors (Lipinski definition) is 3. The molecule has 0 amide bonds. The first-order valence-corrected chi connectivity index (χ1v) is 8.07. The van der Waals surface area contributed by atoms with Crippen LogP contribution in [0.3, 0.4) is 0 Å². The lowest BCUT2D eigenvalue weighted by atomic mass is 9.97. The highest BCUT2D eigenvalue weighted by Gasteiger charge is 2.26. The second-order valence-corrected chi connectivity index (χ2v) is 5.91. The maximum atomic E-state index is 11.1. The molecule has 2 heterocycles. The van der Waals surface area contributed by atoms with Crippen LogP contribution in [-0.4, -0.2) is 41.2 Å². The van der Waals surface area contributed by atoms with E-state index in [0.717, 1.165) is 11.4 Å². The number of rotatable bonds is 5. The van der Waals surface area contributed by atoms with Crippen molar-refractivity contribution < 1.29 is 14.6 Å². The zero-order valence-electron chi connectivity index (χ0n) is 14.0. The zero-order valence-corrected chi connectivity index (χ0v) is 14.0. The summed E-state index contributed by atoms with van der Waals surface area (Å²) in [6.45, 7) is 1.22. The van der Waals surface area contributed by atoms with E-state index >= 15 is 0 Å². The molecule has 132 valence electrons. The predicted octanol–water partition coefficient (Wildman–Crippen LogP) is 2.11. The predicted molar refractivity (Wildman–Crippen MR) is 95.3 cm³/mol. The Kier molecular flexibility index (Phi) is 4.87. The van der Waals surface area contributed by atoms with Gasteiger partial charge in [0.25, 0.3) is 0 Å². The number of aliphatic carboxylic acids is 1. The molecular weight excluding hydrogens is 322 g/mol. The molecule has 0 unspecified atom stereocenters. The third kappa shape index (κ3) is 3.73. The lowest BCUT2D eigenvalue weighted by Crippen LogP contribution is -2.37. The van der Waals surface area contributed by atoms with Gasteiger partial charge in [0.15, 0.2) is 11.6 Å². The number of carboxylic acids is 1. The average Bonchev–Trinajstić information content (AvgIpc) is 2.64. The number of carboxylic acid groups (broad SMARTS) is 1. The first-order chi connectivity index (χ1) is 12.1. The monoisotopic (exact) mass is 343 g/mol. The molecule has 0 aliphatic carbocycles. The lowest BCUT2D eigenvalue weighted by Gasteiger charge is -2.31. The molecular formula is C17H21N5O3. The molecule has 1 aromatic carbocycles. The van der Waals surface area contributed by atoms with Crippen LogP contribution < -0.4 is 20.7 Å². The highest BCUT2D eigenvalue weighted by atomic mass is 16.5. The van der Waals surface area contributed by atoms with E-state index in [9.17, 15) is 4.79 Å². The molecule has 1 aromatic heterocycles. The number of piperidine rings is 1. The number of anilines is 4. The van der Waals surface area contributed by atoms with Crippen LogP contribution in [0.5, 0.6) is 5.75 Å². The van der Waals surface area contributed by atoms with Crippen molar-refractivity contribution in [1.29, 1.82) is 0 Å². The molecule has 0 saturated carbocycles. The Bertz CT molecular complexity index is 742. The average molecular weight is 343 g/mol. The van der Waals surface area contributed by atoms with E-state index in [1.54, 1.807) is 7.11 Å². The number of aromatic nitrogens is 2. The Hall–Kier alpha value is -3.03. The fraction of sp³-hybridized carbons (Fsp3) is 0.353. The smallest absolute Gasteiger partial charge is 0.306 e. The minimum absolute atomic E-state index is 0.295. The van der Waals surface area contributed by atoms with Crippen LogP contribution >= 0.6 is 0 Å². The number of nitrogens with two attached hydrogens (primary N) is 1. The van der Waals surface area contributed by atoms with Crippen molar-refractivity contribution in [1.82, 2.24) is 9.97 Å². The van der Waals surface area contributed by atoms with Crippen LogP contribution in [0.4, 0.5) is 23.0 Å². The van der Waals surface area contributed by atoms with Gasteiger partial charge >= 0.3 is 5.97 Å². The molecule has 8 nitrogen and oxygen atoms in total. The topological polar surface area (TPSA) is 114 Å². The molecule has 2 aromatic rings. The minimum Gasteiger partial charge on any atom is -0.497 e. The highest BCUT2D eigenvalue weighted by molar-refractivity contribution is 5.78. The third-order valence-electron chi connectivity index (χ3n) is 4.36. The number of nitrogens with zero attached hydrogens (tertiary/aromatic N) is 3. The van der Waals surface area contributed by atoms with Crippen molar-refractivity contribution in [3.63, 3.8) is 0 Å². The van der Waals surface area contributed by atoms with E-state index < -0.39 is 5.97 Å². The van der Waals surface area contributed by atoms with E-state index in [0.29, 0.717) is 43.3 Å². The normalized spacial score (nSPS) is 15.0. The van der Waals surface area contributed by atoms with Crippen LogP contribution in [-0.2, 0) is 4.79 Å². The highest BCUT2D eigenvalue weighted by Crippen LogP contribution is 2.31. The first kappa shape index (κ1) is 16.8. The fourth-order valence-electron chi connectivity index (χ4n) is 2.89. The van der Waals surface area contributed by atoms with Gasteiger partial charge in [0.2, 0.25) is 0 Å². The van der Waals surface area contributed by atoms with Crippen molar-refractivity contribution >= 4 is 29.0 Å². The van der Waals surface area contributed by atoms with E-state index in [1.807, 2.05) is 29.2 Å². The largest absolute Gasteiger partial charge is 0.497 e. The summed E-state index contributed by atoms with van der Waals surface area (Å²) in [5, 5.41) is 12.3. The summed E-state index contributed by atoms with van der Waals surface area (Å²) >= 11 is 0. The molecule has 1 aliphatic heterocycles. The zero-order chi connectivity index (χ0) is 17.8. The van der Waals surface area contributed by atoms with Crippen LogP contribution in [0.2, 0.25) is 0 Å². The number of ether oxygens (including phenoxy) is 1. The molecule has 0 spiro atoms. The Morgan fingerprint density at radius 1 is 1.28 bits per heavy atom. The summed E-state index contributed by atoms with van der Waals surface area (Å²) < 4.78 is 5.14. The third-order valence-corrected chi connectivity index (χ3v) is 4.36. The van der Waals surface area contributed by atoms with Gasteiger partial charge in [-0.3, -0.25) is 4.79 Å². The lowest BCUT2D eigenvalue weighted by molar-refractivity contribution is -0.142. The van der Waals surface area contributed by atoms with Crippen molar-refractivity contribution in [2.45, 2.75) is 12.8 Å². The van der Waals surface area contributed by atoms with Crippen LogP contribution in [0, 0.1) is 5.92 Å². The number of methoxy groups -OCH3 is 1. The Morgan fingerprint density at radius 3 is 2.56 bits per heavy atom. The quantitative estimate of drug-likeness (QED) is 0.756. The van der Waals surface area contributed by atoms with Crippen molar-refractivity contribution in [3.05, 3.63) is 30.6 Å². The van der Waals surface area contributed by atoms with E-state index in [2.05, 4.69) is 15.3 Å². The molecule has 0 atom stereocenters. The van der Waals surface area contributed by atoms with Crippen LogP contribution in [0.15, 0.2) is 30.6 Å². The SMILES string of the molecule is COc1ccc(Nc2ncnc(N3CCC(C(=O)O)CC3)c2N)cc1. The second kappa shape index (κ2) is 7.25. The van der Waals surface area contributed by atoms with Gasteiger partial charge in [-0.25, -0.2) is 9.97 Å².